The van der Waals surface area contributed by atoms with Crippen molar-refractivity contribution < 1.29 is 0 Å². The molecule has 0 aliphatic heterocycles. The van der Waals surface area contributed by atoms with Crippen LogP contribution in [0, 0.1) is 0 Å². The van der Waals surface area contributed by atoms with E-state index in [2.05, 4.69) is 25.2 Å². The molecule has 0 unspecified atom stereocenters. The molecule has 1 N–H and O–H groups in total. The van der Waals surface area contributed by atoms with Gasteiger partial charge < -0.3 is 5.32 Å². The number of halogens is 1. The zero-order valence-electron chi connectivity index (χ0n) is 8.18. The van der Waals surface area contributed by atoms with E-state index in [1.54, 1.807) is 0 Å². The predicted molar refractivity (Wildman–Crippen MR) is 58.3 cm³/mol. The van der Waals surface area contributed by atoms with Gasteiger partial charge in [-0.15, -0.1) is 0 Å². The number of hydrogen-bond acceptors (Lipinski definition) is 1. The molecule has 0 amide bonds. The van der Waals surface area contributed by atoms with Crippen LogP contribution in [0.2, 0.25) is 5.02 Å². The van der Waals surface area contributed by atoms with Gasteiger partial charge in [-0.25, -0.2) is 0 Å². The van der Waals surface area contributed by atoms with Crippen LogP contribution in [0.3, 0.4) is 0 Å². The van der Waals surface area contributed by atoms with Gasteiger partial charge in [-0.1, -0.05) is 43.6 Å². The van der Waals surface area contributed by atoms with Crippen LogP contribution in [-0.2, 0) is 6.42 Å². The van der Waals surface area contributed by atoms with Crippen LogP contribution in [-0.4, -0.2) is 12.6 Å². The van der Waals surface area contributed by atoms with Crippen LogP contribution in [0.1, 0.15) is 19.4 Å². The monoisotopic (exact) mass is 197 g/mol. The number of rotatable bonds is 4. The first-order chi connectivity index (χ1) is 6.20. The van der Waals surface area contributed by atoms with Gasteiger partial charge in [-0.3, -0.25) is 0 Å². The lowest BCUT2D eigenvalue weighted by atomic mass is 10.1. The molecule has 0 saturated heterocycles. The zero-order valence-corrected chi connectivity index (χ0v) is 8.93. The third-order valence-corrected chi connectivity index (χ3v) is 2.27. The lowest BCUT2D eigenvalue weighted by Crippen LogP contribution is -2.24. The Morgan fingerprint density at radius 3 is 2.62 bits per heavy atom. The largest absolute Gasteiger partial charge is 0.314 e. The fourth-order valence-corrected chi connectivity index (χ4v) is 1.43. The second-order valence-corrected chi connectivity index (χ2v) is 3.86. The van der Waals surface area contributed by atoms with E-state index in [1.807, 2.05) is 18.2 Å². The highest BCUT2D eigenvalue weighted by molar-refractivity contribution is 6.31. The van der Waals surface area contributed by atoms with Gasteiger partial charge in [0, 0.05) is 11.1 Å². The summed E-state index contributed by atoms with van der Waals surface area (Å²) in [5, 5.41) is 4.23. The van der Waals surface area contributed by atoms with Crippen LogP contribution in [0.5, 0.6) is 0 Å². The van der Waals surface area contributed by atoms with E-state index < -0.39 is 0 Å². The van der Waals surface area contributed by atoms with Crippen LogP contribution in [0.4, 0.5) is 0 Å². The number of hydrogen-bond donors (Lipinski definition) is 1. The van der Waals surface area contributed by atoms with E-state index >= 15 is 0 Å². The van der Waals surface area contributed by atoms with Crippen molar-refractivity contribution in [2.24, 2.45) is 0 Å². The Balaban J connectivity index is 2.41. The van der Waals surface area contributed by atoms with Gasteiger partial charge in [-0.05, 0) is 24.6 Å². The molecule has 1 nitrogen and oxygen atoms in total. The normalized spacial score (nSPS) is 10.8. The molecule has 0 heterocycles. The molecule has 2 heteroatoms. The highest BCUT2D eigenvalue weighted by atomic mass is 35.5. The molecule has 0 atom stereocenters. The van der Waals surface area contributed by atoms with E-state index in [4.69, 9.17) is 11.6 Å². The second kappa shape index (κ2) is 5.25. The maximum Gasteiger partial charge on any atom is 0.0438 e. The van der Waals surface area contributed by atoms with Gasteiger partial charge in [0.25, 0.3) is 0 Å². The highest BCUT2D eigenvalue weighted by Crippen LogP contribution is 2.14. The lowest BCUT2D eigenvalue weighted by Gasteiger charge is -2.08. The first-order valence-corrected chi connectivity index (χ1v) is 5.04. The van der Waals surface area contributed by atoms with Crippen molar-refractivity contribution in [2.45, 2.75) is 26.3 Å². The minimum absolute atomic E-state index is 0.544. The van der Waals surface area contributed by atoms with Crippen molar-refractivity contribution in [1.29, 1.82) is 0 Å². The topological polar surface area (TPSA) is 12.0 Å². The summed E-state index contributed by atoms with van der Waals surface area (Å²) in [5.41, 5.74) is 1.22. The van der Waals surface area contributed by atoms with Crippen molar-refractivity contribution in [3.8, 4) is 0 Å². The highest BCUT2D eigenvalue weighted by Gasteiger charge is 1.98. The number of benzene rings is 1. The van der Waals surface area contributed by atoms with Gasteiger partial charge in [0.1, 0.15) is 0 Å². The molecule has 0 fully saturated rings. The summed E-state index contributed by atoms with van der Waals surface area (Å²) in [5.74, 6) is 0. The van der Waals surface area contributed by atoms with Crippen molar-refractivity contribution in [1.82, 2.24) is 5.32 Å². The Morgan fingerprint density at radius 2 is 2.00 bits per heavy atom. The molecule has 1 aromatic rings. The van der Waals surface area contributed by atoms with Gasteiger partial charge >= 0.3 is 0 Å². The Labute approximate surface area is 85.1 Å². The predicted octanol–water partition coefficient (Wildman–Crippen LogP) is 2.88. The summed E-state index contributed by atoms with van der Waals surface area (Å²) in [6, 6.07) is 8.54. The summed E-state index contributed by atoms with van der Waals surface area (Å²) >= 11 is 6.01. The fourth-order valence-electron chi connectivity index (χ4n) is 1.20. The summed E-state index contributed by atoms with van der Waals surface area (Å²) in [6.07, 6.45) is 0.998. The van der Waals surface area contributed by atoms with Crippen LogP contribution < -0.4 is 5.32 Å². The minimum atomic E-state index is 0.544. The lowest BCUT2D eigenvalue weighted by molar-refractivity contribution is 0.590. The maximum atomic E-state index is 6.01. The average molecular weight is 198 g/mol. The quantitative estimate of drug-likeness (QED) is 0.783. The number of nitrogens with one attached hydrogen (secondary N) is 1. The smallest absolute Gasteiger partial charge is 0.0438 e. The summed E-state index contributed by atoms with van der Waals surface area (Å²) in [4.78, 5) is 0. The molecule has 0 radical (unpaired) electrons. The second-order valence-electron chi connectivity index (χ2n) is 3.45. The van der Waals surface area contributed by atoms with Gasteiger partial charge in [0.15, 0.2) is 0 Å². The van der Waals surface area contributed by atoms with Gasteiger partial charge in [0.05, 0.1) is 0 Å². The molecule has 0 aliphatic carbocycles. The van der Waals surface area contributed by atoms with E-state index in [0.29, 0.717) is 6.04 Å². The Bertz CT molecular complexity index is 258. The van der Waals surface area contributed by atoms with Crippen molar-refractivity contribution >= 4 is 11.6 Å². The Hall–Kier alpha value is -0.530. The molecule has 0 saturated carbocycles. The minimum Gasteiger partial charge on any atom is -0.314 e. The van der Waals surface area contributed by atoms with Crippen molar-refractivity contribution in [3.05, 3.63) is 34.9 Å². The van der Waals surface area contributed by atoms with E-state index in [-0.39, 0.29) is 0 Å². The van der Waals surface area contributed by atoms with Crippen molar-refractivity contribution in [2.75, 3.05) is 6.54 Å². The molecule has 1 rings (SSSR count). The summed E-state index contributed by atoms with van der Waals surface area (Å²) in [7, 11) is 0. The SMILES string of the molecule is CC(C)NCCc1ccccc1Cl. The molecule has 72 valence electrons. The summed E-state index contributed by atoms with van der Waals surface area (Å²) in [6.45, 7) is 5.28. The summed E-state index contributed by atoms with van der Waals surface area (Å²) < 4.78 is 0. The Kier molecular flexibility index (Phi) is 4.26. The van der Waals surface area contributed by atoms with E-state index in [1.165, 1.54) is 5.56 Å². The molecular weight excluding hydrogens is 182 g/mol. The van der Waals surface area contributed by atoms with Gasteiger partial charge in [-0.2, -0.15) is 0 Å². The Morgan fingerprint density at radius 1 is 1.31 bits per heavy atom. The molecular formula is C11H16ClN. The molecule has 0 aromatic heterocycles. The molecule has 0 bridgehead atoms. The first kappa shape index (κ1) is 10.6. The first-order valence-electron chi connectivity index (χ1n) is 4.67. The molecule has 0 aliphatic rings. The zero-order chi connectivity index (χ0) is 9.68. The van der Waals surface area contributed by atoms with Gasteiger partial charge in [0.2, 0.25) is 0 Å². The third kappa shape index (κ3) is 3.79. The average Bonchev–Trinajstić information content (AvgIpc) is 2.08. The molecule has 1 aromatic carbocycles. The van der Waals surface area contributed by atoms with Crippen LogP contribution >= 0.6 is 11.6 Å². The van der Waals surface area contributed by atoms with Crippen LogP contribution in [0.25, 0.3) is 0 Å². The molecule has 0 spiro atoms. The van der Waals surface area contributed by atoms with Crippen molar-refractivity contribution in [3.63, 3.8) is 0 Å². The molecule has 13 heavy (non-hydrogen) atoms. The fraction of sp³-hybridized carbons (Fsp3) is 0.455. The van der Waals surface area contributed by atoms with Crippen LogP contribution in [0.15, 0.2) is 24.3 Å². The maximum absolute atomic E-state index is 6.01. The third-order valence-electron chi connectivity index (χ3n) is 1.90. The van der Waals surface area contributed by atoms with E-state index in [9.17, 15) is 0 Å². The van der Waals surface area contributed by atoms with E-state index in [0.717, 1.165) is 18.0 Å². The standard InChI is InChI=1S/C11H16ClN/c1-9(2)13-8-7-10-5-3-4-6-11(10)12/h3-6,9,13H,7-8H2,1-2H3.